The highest BCUT2D eigenvalue weighted by Gasteiger charge is 2.33. The van der Waals surface area contributed by atoms with Crippen molar-refractivity contribution >= 4 is 5.91 Å². The number of amides is 1. The molecule has 6 nitrogen and oxygen atoms in total. The quantitative estimate of drug-likeness (QED) is 0.765. The summed E-state index contributed by atoms with van der Waals surface area (Å²) in [5, 5.41) is 16.3. The Morgan fingerprint density at radius 3 is 2.83 bits per heavy atom. The maximum atomic E-state index is 11.7. The molecular weight excluding hydrogens is 232 g/mol. The van der Waals surface area contributed by atoms with Gasteiger partial charge >= 0.3 is 0 Å². The number of nitrogens with zero attached hydrogens (tertiary/aromatic N) is 3. The second-order valence-electron chi connectivity index (χ2n) is 5.05. The second kappa shape index (κ2) is 5.95. The number of aryl methyl sites for hydroxylation is 1. The molecule has 1 saturated carbocycles. The second-order valence-corrected chi connectivity index (χ2v) is 5.05. The summed E-state index contributed by atoms with van der Waals surface area (Å²) in [6.07, 6.45) is 7.76. The molecule has 0 saturated heterocycles. The first-order chi connectivity index (χ1) is 8.74. The normalized spacial score (nSPS) is 17.8. The van der Waals surface area contributed by atoms with E-state index in [9.17, 15) is 9.90 Å². The van der Waals surface area contributed by atoms with Gasteiger partial charge in [0.2, 0.25) is 5.91 Å². The van der Waals surface area contributed by atoms with Crippen molar-refractivity contribution < 1.29 is 9.90 Å². The lowest BCUT2D eigenvalue weighted by Gasteiger charge is -2.26. The fourth-order valence-corrected chi connectivity index (χ4v) is 2.45. The van der Waals surface area contributed by atoms with E-state index in [1.54, 1.807) is 11.0 Å². The van der Waals surface area contributed by atoms with Gasteiger partial charge in [-0.2, -0.15) is 5.10 Å². The van der Waals surface area contributed by atoms with Gasteiger partial charge in [-0.05, 0) is 12.8 Å². The molecule has 2 rings (SSSR count). The zero-order chi connectivity index (χ0) is 12.8. The molecule has 1 aliphatic carbocycles. The van der Waals surface area contributed by atoms with Gasteiger partial charge in [0.15, 0.2) is 0 Å². The predicted octanol–water partition coefficient (Wildman–Crippen LogP) is 0.337. The van der Waals surface area contributed by atoms with Gasteiger partial charge in [-0.25, -0.2) is 4.98 Å². The van der Waals surface area contributed by atoms with Crippen LogP contribution in [0.5, 0.6) is 0 Å². The zero-order valence-corrected chi connectivity index (χ0v) is 10.5. The molecule has 1 heterocycles. The van der Waals surface area contributed by atoms with Crippen molar-refractivity contribution in [3.05, 3.63) is 12.7 Å². The Hall–Kier alpha value is -1.43. The van der Waals surface area contributed by atoms with Gasteiger partial charge in [-0.15, -0.1) is 0 Å². The number of aromatic nitrogens is 3. The number of aliphatic hydroxyl groups is 1. The number of rotatable bonds is 6. The summed E-state index contributed by atoms with van der Waals surface area (Å²) in [6, 6.07) is 0. The number of nitrogens with one attached hydrogen (secondary N) is 1. The minimum atomic E-state index is -0.0804. The molecule has 6 heteroatoms. The molecule has 1 fully saturated rings. The smallest absolute Gasteiger partial charge is 0.221 e. The van der Waals surface area contributed by atoms with Crippen molar-refractivity contribution in [1.29, 1.82) is 0 Å². The summed E-state index contributed by atoms with van der Waals surface area (Å²) in [7, 11) is 0. The van der Waals surface area contributed by atoms with Crippen LogP contribution in [0.15, 0.2) is 12.7 Å². The molecule has 0 spiro atoms. The SMILES string of the molecule is O=C(CCn1cncn1)NCC1(CO)CCCC1. The summed E-state index contributed by atoms with van der Waals surface area (Å²) in [4.78, 5) is 15.5. The summed E-state index contributed by atoms with van der Waals surface area (Å²) in [5.41, 5.74) is -0.0804. The van der Waals surface area contributed by atoms with Gasteiger partial charge < -0.3 is 10.4 Å². The highest BCUT2D eigenvalue weighted by molar-refractivity contribution is 5.75. The molecule has 0 atom stereocenters. The molecule has 2 N–H and O–H groups in total. The largest absolute Gasteiger partial charge is 0.396 e. The molecule has 18 heavy (non-hydrogen) atoms. The molecule has 0 bridgehead atoms. The number of carbonyl (C=O) groups excluding carboxylic acids is 1. The third-order valence-corrected chi connectivity index (χ3v) is 3.69. The topological polar surface area (TPSA) is 80.0 Å². The van der Waals surface area contributed by atoms with Crippen LogP contribution in [0.3, 0.4) is 0 Å². The van der Waals surface area contributed by atoms with Gasteiger partial charge in [0.1, 0.15) is 12.7 Å². The lowest BCUT2D eigenvalue weighted by Crippen LogP contribution is -2.38. The van der Waals surface area contributed by atoms with E-state index in [-0.39, 0.29) is 17.9 Å². The first-order valence-electron chi connectivity index (χ1n) is 6.44. The maximum Gasteiger partial charge on any atom is 0.221 e. The number of aliphatic hydroxyl groups excluding tert-OH is 1. The molecule has 0 aliphatic heterocycles. The molecule has 0 radical (unpaired) electrons. The molecule has 0 aromatic carbocycles. The van der Waals surface area contributed by atoms with Gasteiger partial charge in [-0.3, -0.25) is 9.48 Å². The van der Waals surface area contributed by atoms with E-state index in [0.29, 0.717) is 19.5 Å². The lowest BCUT2D eigenvalue weighted by atomic mass is 9.87. The van der Waals surface area contributed by atoms with Crippen LogP contribution in [0.4, 0.5) is 0 Å². The standard InChI is InChI=1S/C12H20N4O2/c17-8-12(4-1-2-5-12)7-14-11(18)3-6-16-10-13-9-15-16/h9-10,17H,1-8H2,(H,14,18). The molecule has 1 aliphatic rings. The van der Waals surface area contributed by atoms with Crippen molar-refractivity contribution in [3.63, 3.8) is 0 Å². The Labute approximate surface area is 106 Å². The average molecular weight is 252 g/mol. The van der Waals surface area contributed by atoms with Gasteiger partial charge in [0.25, 0.3) is 0 Å². The van der Waals surface area contributed by atoms with Crippen molar-refractivity contribution in [2.24, 2.45) is 5.41 Å². The first-order valence-corrected chi connectivity index (χ1v) is 6.44. The Morgan fingerprint density at radius 2 is 2.22 bits per heavy atom. The van der Waals surface area contributed by atoms with E-state index >= 15 is 0 Å². The number of hydrogen-bond donors (Lipinski definition) is 2. The van der Waals surface area contributed by atoms with Crippen LogP contribution >= 0.6 is 0 Å². The summed E-state index contributed by atoms with van der Waals surface area (Å²) >= 11 is 0. The fraction of sp³-hybridized carbons (Fsp3) is 0.750. The molecule has 1 aromatic rings. The highest BCUT2D eigenvalue weighted by atomic mass is 16.3. The van der Waals surface area contributed by atoms with Crippen LogP contribution in [-0.2, 0) is 11.3 Å². The van der Waals surface area contributed by atoms with Gasteiger partial charge in [-0.1, -0.05) is 12.8 Å². The van der Waals surface area contributed by atoms with Crippen molar-refractivity contribution in [2.75, 3.05) is 13.2 Å². The Bertz CT molecular complexity index is 371. The van der Waals surface area contributed by atoms with Crippen LogP contribution in [0.25, 0.3) is 0 Å². The fourth-order valence-electron chi connectivity index (χ4n) is 2.45. The zero-order valence-electron chi connectivity index (χ0n) is 10.5. The Morgan fingerprint density at radius 1 is 1.44 bits per heavy atom. The maximum absolute atomic E-state index is 11.7. The predicted molar refractivity (Wildman–Crippen MR) is 65.6 cm³/mol. The van der Waals surface area contributed by atoms with E-state index in [1.165, 1.54) is 6.33 Å². The number of carbonyl (C=O) groups is 1. The van der Waals surface area contributed by atoms with Crippen molar-refractivity contribution in [2.45, 2.75) is 38.6 Å². The van der Waals surface area contributed by atoms with E-state index in [1.807, 2.05) is 0 Å². The third kappa shape index (κ3) is 3.29. The lowest BCUT2D eigenvalue weighted by molar-refractivity contribution is -0.122. The first kappa shape index (κ1) is 13.0. The minimum absolute atomic E-state index is 0.00484. The van der Waals surface area contributed by atoms with E-state index in [0.717, 1.165) is 25.7 Å². The van der Waals surface area contributed by atoms with Crippen LogP contribution < -0.4 is 5.32 Å². The van der Waals surface area contributed by atoms with E-state index in [4.69, 9.17) is 0 Å². The van der Waals surface area contributed by atoms with Crippen molar-refractivity contribution in [1.82, 2.24) is 20.1 Å². The monoisotopic (exact) mass is 252 g/mol. The molecular formula is C12H20N4O2. The summed E-state index contributed by atoms with van der Waals surface area (Å²) in [6.45, 7) is 1.29. The Balaban J connectivity index is 1.71. The summed E-state index contributed by atoms with van der Waals surface area (Å²) < 4.78 is 1.64. The van der Waals surface area contributed by atoms with E-state index < -0.39 is 0 Å². The van der Waals surface area contributed by atoms with E-state index in [2.05, 4.69) is 15.4 Å². The molecule has 1 aromatic heterocycles. The van der Waals surface area contributed by atoms with Gasteiger partial charge in [0.05, 0.1) is 13.2 Å². The molecule has 1 amide bonds. The van der Waals surface area contributed by atoms with Gasteiger partial charge in [0, 0.05) is 18.4 Å². The van der Waals surface area contributed by atoms with Crippen LogP contribution in [-0.4, -0.2) is 38.9 Å². The molecule has 100 valence electrons. The molecule has 0 unspecified atom stereocenters. The average Bonchev–Trinajstić information content (AvgIpc) is 3.06. The summed E-state index contributed by atoms with van der Waals surface area (Å²) in [5.74, 6) is 0.00484. The highest BCUT2D eigenvalue weighted by Crippen LogP contribution is 2.36. The van der Waals surface area contributed by atoms with Crippen molar-refractivity contribution in [3.8, 4) is 0 Å². The third-order valence-electron chi connectivity index (χ3n) is 3.69. The van der Waals surface area contributed by atoms with Crippen LogP contribution in [0.1, 0.15) is 32.1 Å². The van der Waals surface area contributed by atoms with Crippen LogP contribution in [0.2, 0.25) is 0 Å². The Kier molecular flexibility index (Phi) is 4.30. The van der Waals surface area contributed by atoms with Crippen LogP contribution in [0, 0.1) is 5.41 Å². The minimum Gasteiger partial charge on any atom is -0.396 e. The number of hydrogen-bond acceptors (Lipinski definition) is 4.